The maximum atomic E-state index is 11.8. The summed E-state index contributed by atoms with van der Waals surface area (Å²) in [5, 5.41) is 2.88. The van der Waals surface area contributed by atoms with Crippen molar-refractivity contribution in [1.82, 2.24) is 20.2 Å². The molecular weight excluding hydrogens is 308 g/mol. The second-order valence-electron chi connectivity index (χ2n) is 7.14. The highest BCUT2D eigenvalue weighted by Gasteiger charge is 2.23. The zero-order valence-electron chi connectivity index (χ0n) is 15.0. The number of hydrogen-bond acceptors (Lipinski definition) is 6. The molecule has 24 heavy (non-hydrogen) atoms. The smallest absolute Gasteiger partial charge is 0.407 e. The molecule has 2 rings (SSSR count). The largest absolute Gasteiger partial charge is 0.480 e. The fourth-order valence-electron chi connectivity index (χ4n) is 2.85. The fraction of sp³-hybridized carbons (Fsp3) is 0.706. The average Bonchev–Trinajstić information content (AvgIpc) is 2.52. The highest BCUT2D eigenvalue weighted by molar-refractivity contribution is 5.67. The number of rotatable bonds is 5. The van der Waals surface area contributed by atoms with Crippen LogP contribution in [0.3, 0.4) is 0 Å². The maximum absolute atomic E-state index is 11.8. The van der Waals surface area contributed by atoms with Crippen molar-refractivity contribution in [2.75, 3.05) is 26.7 Å². The van der Waals surface area contributed by atoms with E-state index in [-0.39, 0.29) is 6.09 Å². The van der Waals surface area contributed by atoms with Gasteiger partial charge in [-0.05, 0) is 46.1 Å². The van der Waals surface area contributed by atoms with Crippen LogP contribution in [0.4, 0.5) is 4.79 Å². The van der Waals surface area contributed by atoms with Crippen LogP contribution in [0.2, 0.25) is 0 Å². The second-order valence-corrected chi connectivity index (χ2v) is 7.14. The van der Waals surface area contributed by atoms with Crippen LogP contribution in [0.5, 0.6) is 5.88 Å². The molecule has 1 atom stereocenters. The van der Waals surface area contributed by atoms with Gasteiger partial charge in [-0.15, -0.1) is 0 Å². The monoisotopic (exact) mass is 336 g/mol. The van der Waals surface area contributed by atoms with Gasteiger partial charge in [0.15, 0.2) is 0 Å². The van der Waals surface area contributed by atoms with Crippen LogP contribution in [-0.4, -0.2) is 53.3 Å². The first-order chi connectivity index (χ1) is 11.4. The van der Waals surface area contributed by atoms with E-state index in [0.29, 0.717) is 24.9 Å². The summed E-state index contributed by atoms with van der Waals surface area (Å²) in [6, 6.07) is 0. The normalized spacial score (nSPS) is 18.9. The van der Waals surface area contributed by atoms with E-state index in [0.717, 1.165) is 31.6 Å². The van der Waals surface area contributed by atoms with Gasteiger partial charge in [-0.25, -0.2) is 9.78 Å². The van der Waals surface area contributed by atoms with Crippen LogP contribution in [0, 0.1) is 5.92 Å². The number of alkyl carbamates (subject to hydrolysis) is 1. The predicted octanol–water partition coefficient (Wildman–Crippen LogP) is 2.22. The van der Waals surface area contributed by atoms with Crippen molar-refractivity contribution in [3.8, 4) is 5.88 Å². The molecule has 1 aliphatic rings. The summed E-state index contributed by atoms with van der Waals surface area (Å²) >= 11 is 0. The number of methoxy groups -OCH3 is 1. The third kappa shape index (κ3) is 5.96. The molecule has 1 aliphatic heterocycles. The van der Waals surface area contributed by atoms with Gasteiger partial charge in [-0.1, -0.05) is 0 Å². The van der Waals surface area contributed by atoms with Crippen molar-refractivity contribution in [2.45, 2.75) is 45.8 Å². The van der Waals surface area contributed by atoms with E-state index >= 15 is 0 Å². The first-order valence-corrected chi connectivity index (χ1v) is 8.40. The quantitative estimate of drug-likeness (QED) is 0.888. The molecule has 1 N–H and O–H groups in total. The number of hydrogen-bond donors (Lipinski definition) is 1. The van der Waals surface area contributed by atoms with Gasteiger partial charge in [0.05, 0.1) is 7.11 Å². The summed E-state index contributed by atoms with van der Waals surface area (Å²) in [6.45, 7) is 8.86. The van der Waals surface area contributed by atoms with Crippen LogP contribution in [0.25, 0.3) is 0 Å². The van der Waals surface area contributed by atoms with E-state index in [9.17, 15) is 4.79 Å². The molecule has 1 saturated heterocycles. The number of nitrogens with one attached hydrogen (secondary N) is 1. The van der Waals surface area contributed by atoms with Crippen LogP contribution < -0.4 is 10.1 Å². The maximum Gasteiger partial charge on any atom is 0.407 e. The minimum absolute atomic E-state index is 0.352. The number of ether oxygens (including phenoxy) is 2. The first kappa shape index (κ1) is 18.4. The molecule has 0 radical (unpaired) electrons. The minimum Gasteiger partial charge on any atom is -0.480 e. The lowest BCUT2D eigenvalue weighted by Crippen LogP contribution is -2.42. The minimum atomic E-state index is -0.467. The Bertz CT molecular complexity index is 545. The number of carbonyl (C=O) groups excluding carboxylic acids is 1. The van der Waals surface area contributed by atoms with E-state index < -0.39 is 5.60 Å². The first-order valence-electron chi connectivity index (χ1n) is 8.40. The summed E-state index contributed by atoms with van der Waals surface area (Å²) in [4.78, 5) is 22.7. The van der Waals surface area contributed by atoms with Gasteiger partial charge in [-0.2, -0.15) is 0 Å². The number of likely N-dealkylation sites (tertiary alicyclic amines) is 1. The van der Waals surface area contributed by atoms with E-state index in [4.69, 9.17) is 9.47 Å². The number of nitrogens with zero attached hydrogens (tertiary/aromatic N) is 3. The average molecular weight is 336 g/mol. The fourth-order valence-corrected chi connectivity index (χ4v) is 2.85. The second kappa shape index (κ2) is 8.28. The molecule has 0 aliphatic carbocycles. The molecule has 134 valence electrons. The molecule has 1 aromatic heterocycles. The van der Waals surface area contributed by atoms with Gasteiger partial charge in [-0.3, -0.25) is 9.88 Å². The van der Waals surface area contributed by atoms with Crippen molar-refractivity contribution in [3.63, 3.8) is 0 Å². The lowest BCUT2D eigenvalue weighted by molar-refractivity contribution is 0.0506. The molecule has 7 heteroatoms. The summed E-state index contributed by atoms with van der Waals surface area (Å²) in [5.41, 5.74) is 0.381. The van der Waals surface area contributed by atoms with E-state index in [2.05, 4.69) is 20.2 Å². The molecule has 1 aromatic rings. The lowest BCUT2D eigenvalue weighted by Gasteiger charge is -2.32. The highest BCUT2D eigenvalue weighted by Crippen LogP contribution is 2.20. The molecule has 2 heterocycles. The Morgan fingerprint density at radius 3 is 2.83 bits per heavy atom. The molecule has 1 amide bonds. The lowest BCUT2D eigenvalue weighted by atomic mass is 9.98. The van der Waals surface area contributed by atoms with Gasteiger partial charge in [0.25, 0.3) is 0 Å². The highest BCUT2D eigenvalue weighted by atomic mass is 16.6. The van der Waals surface area contributed by atoms with Crippen molar-refractivity contribution in [3.05, 3.63) is 18.1 Å². The topological polar surface area (TPSA) is 76.6 Å². The summed E-state index contributed by atoms with van der Waals surface area (Å²) in [6.07, 6.45) is 5.16. The Hall–Kier alpha value is -1.89. The molecular formula is C17H28N4O3. The molecule has 1 fully saturated rings. The number of aromatic nitrogens is 2. The Morgan fingerprint density at radius 1 is 1.38 bits per heavy atom. The van der Waals surface area contributed by atoms with Crippen LogP contribution in [0.1, 0.15) is 39.3 Å². The van der Waals surface area contributed by atoms with Gasteiger partial charge in [0.2, 0.25) is 5.88 Å². The number of carbonyl (C=O) groups is 1. The molecule has 0 bridgehead atoms. The van der Waals surface area contributed by atoms with Gasteiger partial charge < -0.3 is 14.8 Å². The van der Waals surface area contributed by atoms with Crippen molar-refractivity contribution >= 4 is 6.09 Å². The van der Waals surface area contributed by atoms with E-state index in [1.807, 2.05) is 20.8 Å². The third-order valence-electron chi connectivity index (χ3n) is 3.84. The Kier molecular flexibility index (Phi) is 6.36. The van der Waals surface area contributed by atoms with Crippen molar-refractivity contribution in [1.29, 1.82) is 0 Å². The standard InChI is InChI=1S/C17H28N4O3/c1-17(2,3)24-16(22)20-10-13-6-5-9-21(11-13)12-14-15(23-4)19-8-7-18-14/h7-8,13H,5-6,9-12H2,1-4H3,(H,20,22). The van der Waals surface area contributed by atoms with Gasteiger partial charge in [0.1, 0.15) is 11.3 Å². The molecule has 1 unspecified atom stereocenters. The SMILES string of the molecule is COc1nccnc1CN1CCCC(CNC(=O)OC(C)(C)C)C1. The van der Waals surface area contributed by atoms with Crippen LogP contribution in [0.15, 0.2) is 12.4 Å². The Labute approximate surface area is 143 Å². The van der Waals surface area contributed by atoms with Gasteiger partial charge >= 0.3 is 6.09 Å². The van der Waals surface area contributed by atoms with Crippen LogP contribution in [-0.2, 0) is 11.3 Å². The van der Waals surface area contributed by atoms with Crippen molar-refractivity contribution in [2.24, 2.45) is 5.92 Å². The molecule has 0 spiro atoms. The summed E-state index contributed by atoms with van der Waals surface area (Å²) in [7, 11) is 1.61. The van der Waals surface area contributed by atoms with Crippen LogP contribution >= 0.6 is 0 Å². The van der Waals surface area contributed by atoms with Crippen molar-refractivity contribution < 1.29 is 14.3 Å². The van der Waals surface area contributed by atoms with E-state index in [1.54, 1.807) is 19.5 Å². The predicted molar refractivity (Wildman–Crippen MR) is 90.8 cm³/mol. The van der Waals surface area contributed by atoms with E-state index in [1.165, 1.54) is 0 Å². The van der Waals surface area contributed by atoms with Gasteiger partial charge in [0, 0.05) is 32.0 Å². The Balaban J connectivity index is 1.82. The molecule has 0 saturated carbocycles. The number of piperidine rings is 1. The summed E-state index contributed by atoms with van der Waals surface area (Å²) in [5.74, 6) is 0.987. The molecule has 0 aromatic carbocycles. The molecule has 7 nitrogen and oxygen atoms in total. The zero-order chi connectivity index (χ0) is 17.6. The zero-order valence-corrected chi connectivity index (χ0v) is 15.0. The third-order valence-corrected chi connectivity index (χ3v) is 3.84. The summed E-state index contributed by atoms with van der Waals surface area (Å²) < 4.78 is 10.5. The Morgan fingerprint density at radius 2 is 2.12 bits per heavy atom. The number of amides is 1.